The lowest BCUT2D eigenvalue weighted by Crippen LogP contribution is -2.40. The van der Waals surface area contributed by atoms with Crippen LogP contribution in [0.25, 0.3) is 0 Å². The fourth-order valence-corrected chi connectivity index (χ4v) is 2.97. The molecule has 146 valence electrons. The molecule has 0 aromatic carbocycles. The molecule has 2 heterocycles. The Morgan fingerprint density at radius 2 is 2.00 bits per heavy atom. The highest BCUT2D eigenvalue weighted by Crippen LogP contribution is 2.23. The molecular weight excluding hydrogens is 336 g/mol. The van der Waals surface area contributed by atoms with Crippen molar-refractivity contribution in [3.8, 4) is 0 Å². The second-order valence-electron chi connectivity index (χ2n) is 7.59. The molecule has 0 unspecified atom stereocenters. The molecule has 0 bridgehead atoms. The molecule has 8 nitrogen and oxygen atoms in total. The van der Waals surface area contributed by atoms with Gasteiger partial charge in [-0.2, -0.15) is 5.10 Å². The number of amides is 2. The smallest absolute Gasteiger partial charge is 0.410 e. The molecule has 1 aromatic rings. The van der Waals surface area contributed by atoms with Crippen LogP contribution in [-0.4, -0.2) is 57.1 Å². The fraction of sp³-hybridized carbons (Fsp3) is 0.722. The molecule has 0 radical (unpaired) electrons. The Labute approximate surface area is 154 Å². The van der Waals surface area contributed by atoms with Crippen molar-refractivity contribution in [1.29, 1.82) is 0 Å². The van der Waals surface area contributed by atoms with E-state index in [2.05, 4.69) is 10.4 Å². The maximum absolute atomic E-state index is 12.6. The average molecular weight is 366 g/mol. The Balaban J connectivity index is 2.04. The van der Waals surface area contributed by atoms with Gasteiger partial charge in [-0.05, 0) is 40.0 Å². The van der Waals surface area contributed by atoms with Crippen molar-refractivity contribution in [3.05, 3.63) is 17.0 Å². The highest BCUT2D eigenvalue weighted by molar-refractivity contribution is 5.94. The number of hydrogen-bond acceptors (Lipinski definition) is 5. The SMILES string of the molecule is Cn1nc2c(c1C(=O)NCCCCCO)CN(C(=O)OC(C)(C)C)CC2. The first-order valence-corrected chi connectivity index (χ1v) is 9.14. The first kappa shape index (κ1) is 20.2. The molecule has 1 aromatic heterocycles. The predicted molar refractivity (Wildman–Crippen MR) is 96.8 cm³/mol. The Morgan fingerprint density at radius 3 is 2.65 bits per heavy atom. The van der Waals surface area contributed by atoms with E-state index < -0.39 is 5.60 Å². The van der Waals surface area contributed by atoms with Gasteiger partial charge in [-0.1, -0.05) is 0 Å². The number of aromatic nitrogens is 2. The third kappa shape index (κ3) is 5.20. The number of aliphatic hydroxyl groups is 1. The topological polar surface area (TPSA) is 96.7 Å². The minimum atomic E-state index is -0.554. The number of carbonyl (C=O) groups excluding carboxylic acids is 2. The van der Waals surface area contributed by atoms with Gasteiger partial charge < -0.3 is 20.1 Å². The Bertz CT molecular complexity index is 648. The van der Waals surface area contributed by atoms with Gasteiger partial charge in [0.1, 0.15) is 11.3 Å². The van der Waals surface area contributed by atoms with E-state index in [0.29, 0.717) is 31.7 Å². The van der Waals surface area contributed by atoms with E-state index in [1.807, 2.05) is 20.8 Å². The van der Waals surface area contributed by atoms with E-state index in [1.54, 1.807) is 16.6 Å². The molecule has 0 aliphatic carbocycles. The summed E-state index contributed by atoms with van der Waals surface area (Å²) in [6.07, 6.45) is 2.65. The molecule has 0 saturated carbocycles. The van der Waals surface area contributed by atoms with Gasteiger partial charge in [0, 0.05) is 38.7 Å². The highest BCUT2D eigenvalue weighted by Gasteiger charge is 2.31. The van der Waals surface area contributed by atoms with Crippen molar-refractivity contribution < 1.29 is 19.4 Å². The third-order valence-corrected chi connectivity index (χ3v) is 4.18. The van der Waals surface area contributed by atoms with Crippen LogP contribution < -0.4 is 5.32 Å². The van der Waals surface area contributed by atoms with Crippen LogP contribution in [0.1, 0.15) is 61.8 Å². The minimum absolute atomic E-state index is 0.170. The maximum Gasteiger partial charge on any atom is 0.410 e. The molecule has 1 aliphatic rings. The number of ether oxygens (including phenoxy) is 1. The number of aliphatic hydroxyl groups excluding tert-OH is 1. The molecule has 0 saturated heterocycles. The van der Waals surface area contributed by atoms with Crippen LogP contribution in [0.15, 0.2) is 0 Å². The van der Waals surface area contributed by atoms with Crippen LogP contribution in [0.3, 0.4) is 0 Å². The third-order valence-electron chi connectivity index (χ3n) is 4.18. The van der Waals surface area contributed by atoms with Gasteiger partial charge >= 0.3 is 6.09 Å². The first-order valence-electron chi connectivity index (χ1n) is 9.14. The molecular formula is C18H30N4O4. The summed E-state index contributed by atoms with van der Waals surface area (Å²) in [5, 5.41) is 16.1. The van der Waals surface area contributed by atoms with Crippen LogP contribution in [0, 0.1) is 0 Å². The molecule has 0 atom stereocenters. The normalized spacial score (nSPS) is 14.1. The lowest BCUT2D eigenvalue weighted by Gasteiger charge is -2.29. The van der Waals surface area contributed by atoms with Crippen molar-refractivity contribution in [1.82, 2.24) is 20.0 Å². The number of unbranched alkanes of at least 4 members (excludes halogenated alkanes) is 2. The van der Waals surface area contributed by atoms with Gasteiger partial charge in [0.2, 0.25) is 0 Å². The lowest BCUT2D eigenvalue weighted by atomic mass is 10.1. The summed E-state index contributed by atoms with van der Waals surface area (Å²) < 4.78 is 7.03. The van der Waals surface area contributed by atoms with Crippen molar-refractivity contribution in [2.24, 2.45) is 7.05 Å². The second kappa shape index (κ2) is 8.53. The van der Waals surface area contributed by atoms with E-state index in [4.69, 9.17) is 9.84 Å². The summed E-state index contributed by atoms with van der Waals surface area (Å²) in [6.45, 7) is 7.07. The summed E-state index contributed by atoms with van der Waals surface area (Å²) in [7, 11) is 1.75. The van der Waals surface area contributed by atoms with Gasteiger partial charge in [-0.15, -0.1) is 0 Å². The van der Waals surface area contributed by atoms with Gasteiger partial charge in [0.25, 0.3) is 5.91 Å². The summed E-state index contributed by atoms with van der Waals surface area (Å²) in [5.74, 6) is -0.184. The largest absolute Gasteiger partial charge is 0.444 e. The monoisotopic (exact) mass is 366 g/mol. The lowest BCUT2D eigenvalue weighted by molar-refractivity contribution is 0.0222. The van der Waals surface area contributed by atoms with Gasteiger partial charge in [0.05, 0.1) is 12.2 Å². The standard InChI is InChI=1S/C18H30N4O4/c1-18(2,3)26-17(25)22-10-8-14-13(12-22)15(21(4)20-14)16(24)19-9-6-5-7-11-23/h23H,5-12H2,1-4H3,(H,19,24). The molecule has 26 heavy (non-hydrogen) atoms. The molecule has 0 fully saturated rings. The van der Waals surface area contributed by atoms with Gasteiger partial charge in [-0.25, -0.2) is 4.79 Å². The number of hydrogen-bond donors (Lipinski definition) is 2. The van der Waals surface area contributed by atoms with Crippen molar-refractivity contribution in [2.45, 2.75) is 58.6 Å². The van der Waals surface area contributed by atoms with E-state index in [-0.39, 0.29) is 18.6 Å². The van der Waals surface area contributed by atoms with Crippen LogP contribution in [0.2, 0.25) is 0 Å². The van der Waals surface area contributed by atoms with Crippen LogP contribution in [-0.2, 0) is 24.8 Å². The first-order chi connectivity index (χ1) is 12.2. The van der Waals surface area contributed by atoms with E-state index in [9.17, 15) is 9.59 Å². The predicted octanol–water partition coefficient (Wildman–Crippen LogP) is 1.61. The Kier molecular flexibility index (Phi) is 6.63. The van der Waals surface area contributed by atoms with Crippen LogP contribution in [0.5, 0.6) is 0 Å². The number of aryl methyl sites for hydroxylation is 1. The Hall–Kier alpha value is -2.09. The van der Waals surface area contributed by atoms with Gasteiger partial charge in [-0.3, -0.25) is 9.48 Å². The molecule has 2 N–H and O–H groups in total. The number of rotatable bonds is 6. The zero-order chi connectivity index (χ0) is 19.3. The second-order valence-corrected chi connectivity index (χ2v) is 7.59. The fourth-order valence-electron chi connectivity index (χ4n) is 2.97. The molecule has 0 spiro atoms. The van der Waals surface area contributed by atoms with E-state index in [1.165, 1.54) is 0 Å². The zero-order valence-corrected chi connectivity index (χ0v) is 16.2. The molecule has 1 aliphatic heterocycles. The van der Waals surface area contributed by atoms with Crippen LogP contribution >= 0.6 is 0 Å². The number of nitrogens with one attached hydrogen (secondary N) is 1. The van der Waals surface area contributed by atoms with Gasteiger partial charge in [0.15, 0.2) is 0 Å². The van der Waals surface area contributed by atoms with Crippen molar-refractivity contribution in [3.63, 3.8) is 0 Å². The molecule has 2 amide bonds. The number of nitrogens with zero attached hydrogens (tertiary/aromatic N) is 3. The Morgan fingerprint density at radius 1 is 1.27 bits per heavy atom. The molecule has 8 heteroatoms. The summed E-state index contributed by atoms with van der Waals surface area (Å²) in [4.78, 5) is 26.5. The van der Waals surface area contributed by atoms with E-state index in [0.717, 1.165) is 30.5 Å². The average Bonchev–Trinajstić information content (AvgIpc) is 2.87. The minimum Gasteiger partial charge on any atom is -0.444 e. The maximum atomic E-state index is 12.6. The number of carbonyl (C=O) groups is 2. The summed E-state index contributed by atoms with van der Waals surface area (Å²) in [6, 6.07) is 0. The zero-order valence-electron chi connectivity index (χ0n) is 16.2. The number of fused-ring (bicyclic) bond motifs is 1. The molecule has 2 rings (SSSR count). The van der Waals surface area contributed by atoms with Crippen molar-refractivity contribution >= 4 is 12.0 Å². The highest BCUT2D eigenvalue weighted by atomic mass is 16.6. The quantitative estimate of drug-likeness (QED) is 0.746. The van der Waals surface area contributed by atoms with E-state index >= 15 is 0 Å². The summed E-state index contributed by atoms with van der Waals surface area (Å²) in [5.41, 5.74) is 1.59. The van der Waals surface area contributed by atoms with Crippen molar-refractivity contribution in [2.75, 3.05) is 19.7 Å². The van der Waals surface area contributed by atoms with Crippen LogP contribution in [0.4, 0.5) is 4.79 Å². The summed E-state index contributed by atoms with van der Waals surface area (Å²) >= 11 is 0.